The molecular weight excluding hydrogens is 134 g/mol. The summed E-state index contributed by atoms with van der Waals surface area (Å²) in [5.41, 5.74) is 0. The zero-order valence-corrected chi connectivity index (χ0v) is 5.42. The number of hydrogen-bond donors (Lipinski definition) is 1. The van der Waals surface area contributed by atoms with Gasteiger partial charge >= 0.3 is 5.97 Å². The van der Waals surface area contributed by atoms with Crippen molar-refractivity contribution in [2.45, 2.75) is 6.92 Å². The van der Waals surface area contributed by atoms with Gasteiger partial charge in [0.05, 0.1) is 6.61 Å². The average molecular weight is 140 g/mol. The number of nitrogens with zero attached hydrogens (tertiary/aromatic N) is 2. The van der Waals surface area contributed by atoms with Crippen LogP contribution in [0.15, 0.2) is 0 Å². The van der Waals surface area contributed by atoms with E-state index in [1.54, 1.807) is 6.92 Å². The molecule has 0 aliphatic carbocycles. The predicted octanol–water partition coefficient (Wildman–Crippen LogP) is -0.218. The molecule has 1 radical (unpaired) electrons. The Morgan fingerprint density at radius 2 is 2.70 bits per heavy atom. The Kier molecular flexibility index (Phi) is 1.99. The van der Waals surface area contributed by atoms with E-state index in [9.17, 15) is 4.79 Å². The second-order valence-electron chi connectivity index (χ2n) is 1.51. The second-order valence-corrected chi connectivity index (χ2v) is 1.51. The van der Waals surface area contributed by atoms with Crippen molar-refractivity contribution >= 4 is 5.97 Å². The van der Waals surface area contributed by atoms with E-state index in [0.29, 0.717) is 6.61 Å². The molecule has 1 rings (SSSR count). The third kappa shape index (κ3) is 1.31. The topological polar surface area (TPSA) is 67.9 Å². The van der Waals surface area contributed by atoms with E-state index in [4.69, 9.17) is 0 Å². The Bertz CT molecular complexity index is 207. The molecule has 1 aromatic heterocycles. The number of hydrogen-bond acceptors (Lipinski definition) is 4. The summed E-state index contributed by atoms with van der Waals surface area (Å²) in [7, 11) is 0. The number of aromatic nitrogens is 3. The highest BCUT2D eigenvalue weighted by atomic mass is 16.5. The average Bonchev–Trinajstić information content (AvgIpc) is 2.38. The quantitative estimate of drug-likeness (QED) is 0.577. The first-order valence-electron chi connectivity index (χ1n) is 2.80. The van der Waals surface area contributed by atoms with Crippen molar-refractivity contribution in [2.75, 3.05) is 6.61 Å². The number of aromatic amines is 1. The molecule has 0 amide bonds. The molecule has 0 unspecified atom stereocenters. The van der Waals surface area contributed by atoms with Crippen molar-refractivity contribution in [1.29, 1.82) is 0 Å². The molecule has 0 saturated carbocycles. The lowest BCUT2D eigenvalue weighted by Crippen LogP contribution is -2.06. The minimum atomic E-state index is -0.503. The van der Waals surface area contributed by atoms with Crippen molar-refractivity contribution in [3.63, 3.8) is 0 Å². The molecule has 53 valence electrons. The first kappa shape index (κ1) is 6.73. The smallest absolute Gasteiger partial charge is 0.376 e. The maximum absolute atomic E-state index is 10.7. The zero-order chi connectivity index (χ0) is 7.40. The van der Waals surface area contributed by atoms with Gasteiger partial charge in [0.25, 0.3) is 0 Å². The molecule has 1 N–H and O–H groups in total. The van der Waals surface area contributed by atoms with Gasteiger partial charge in [-0.05, 0) is 6.92 Å². The normalized spacial score (nSPS) is 9.30. The predicted molar refractivity (Wildman–Crippen MR) is 31.2 cm³/mol. The van der Waals surface area contributed by atoms with Gasteiger partial charge in [-0.1, -0.05) is 0 Å². The van der Waals surface area contributed by atoms with Crippen molar-refractivity contribution in [2.24, 2.45) is 0 Å². The minimum absolute atomic E-state index is 0.0850. The van der Waals surface area contributed by atoms with Crippen LogP contribution in [0, 0.1) is 6.33 Å². The van der Waals surface area contributed by atoms with E-state index in [2.05, 4.69) is 26.2 Å². The van der Waals surface area contributed by atoms with Crippen molar-refractivity contribution < 1.29 is 9.53 Å². The van der Waals surface area contributed by atoms with Crippen LogP contribution >= 0.6 is 0 Å². The van der Waals surface area contributed by atoms with Gasteiger partial charge in [0, 0.05) is 0 Å². The highest BCUT2D eigenvalue weighted by molar-refractivity contribution is 5.84. The summed E-state index contributed by atoms with van der Waals surface area (Å²) in [6, 6.07) is 0. The first-order valence-corrected chi connectivity index (χ1v) is 2.80. The number of nitrogens with one attached hydrogen (secondary N) is 1. The Hall–Kier alpha value is -1.39. The summed E-state index contributed by atoms with van der Waals surface area (Å²) in [6.45, 7) is 2.05. The van der Waals surface area contributed by atoms with Crippen LogP contribution in [-0.2, 0) is 4.74 Å². The van der Waals surface area contributed by atoms with Crippen LogP contribution in [0.3, 0.4) is 0 Å². The van der Waals surface area contributed by atoms with Crippen molar-refractivity contribution in [1.82, 2.24) is 15.2 Å². The van der Waals surface area contributed by atoms with Crippen LogP contribution < -0.4 is 0 Å². The monoisotopic (exact) mass is 140 g/mol. The van der Waals surface area contributed by atoms with E-state index in [1.807, 2.05) is 0 Å². The van der Waals surface area contributed by atoms with Gasteiger partial charge in [-0.25, -0.2) is 4.79 Å². The zero-order valence-electron chi connectivity index (χ0n) is 5.42. The SMILES string of the molecule is CCOC(=O)c1nn[c][nH]1. The molecule has 5 heteroatoms. The second kappa shape index (κ2) is 2.95. The maximum atomic E-state index is 10.7. The van der Waals surface area contributed by atoms with Gasteiger partial charge in [-0.2, -0.15) is 0 Å². The molecule has 1 aromatic rings. The molecule has 0 aromatic carbocycles. The summed E-state index contributed by atoms with van der Waals surface area (Å²) in [5.74, 6) is -0.418. The Morgan fingerprint density at radius 3 is 3.20 bits per heavy atom. The summed E-state index contributed by atoms with van der Waals surface area (Å²) in [6.07, 6.45) is 2.28. The van der Waals surface area contributed by atoms with Gasteiger partial charge < -0.3 is 9.72 Å². The number of rotatable bonds is 2. The molecule has 0 saturated heterocycles. The summed E-state index contributed by atoms with van der Waals surface area (Å²) in [5, 5.41) is 6.69. The molecular formula is C5H6N3O2. The van der Waals surface area contributed by atoms with E-state index in [-0.39, 0.29) is 5.82 Å². The van der Waals surface area contributed by atoms with Crippen LogP contribution in [0.5, 0.6) is 0 Å². The fourth-order valence-electron chi connectivity index (χ4n) is 0.469. The fraction of sp³-hybridized carbons (Fsp3) is 0.400. The van der Waals surface area contributed by atoms with Gasteiger partial charge in [0.2, 0.25) is 5.82 Å². The number of H-pyrrole nitrogens is 1. The standard InChI is InChI=1S/C5H6N3O2/c1-2-10-5(9)4-6-3-7-8-4/h2H2,1H3,(H,6,7,8). The maximum Gasteiger partial charge on any atom is 0.376 e. The van der Waals surface area contributed by atoms with Crippen LogP contribution in [0.4, 0.5) is 0 Å². The van der Waals surface area contributed by atoms with Crippen LogP contribution in [0.2, 0.25) is 0 Å². The van der Waals surface area contributed by atoms with Gasteiger partial charge in [0.1, 0.15) is 0 Å². The highest BCUT2D eigenvalue weighted by Crippen LogP contribution is 1.88. The van der Waals surface area contributed by atoms with Crippen LogP contribution in [0.1, 0.15) is 17.5 Å². The third-order valence-electron chi connectivity index (χ3n) is 0.843. The number of carbonyl (C=O) groups is 1. The van der Waals surface area contributed by atoms with Gasteiger partial charge in [-0.3, -0.25) is 0 Å². The van der Waals surface area contributed by atoms with E-state index < -0.39 is 5.97 Å². The van der Waals surface area contributed by atoms with E-state index in [0.717, 1.165) is 0 Å². The highest BCUT2D eigenvalue weighted by Gasteiger charge is 2.07. The number of carbonyl (C=O) groups excluding carboxylic acids is 1. The molecule has 1 heterocycles. The summed E-state index contributed by atoms with van der Waals surface area (Å²) in [4.78, 5) is 13.1. The minimum Gasteiger partial charge on any atom is -0.460 e. The van der Waals surface area contributed by atoms with E-state index in [1.165, 1.54) is 0 Å². The molecule has 10 heavy (non-hydrogen) atoms. The molecule has 5 nitrogen and oxygen atoms in total. The van der Waals surface area contributed by atoms with E-state index >= 15 is 0 Å². The Balaban J connectivity index is 2.59. The lowest BCUT2D eigenvalue weighted by molar-refractivity contribution is 0.0512. The van der Waals surface area contributed by atoms with Crippen LogP contribution in [-0.4, -0.2) is 27.8 Å². The molecule has 0 spiro atoms. The molecule has 0 bridgehead atoms. The number of esters is 1. The fourth-order valence-corrected chi connectivity index (χ4v) is 0.469. The number of ether oxygens (including phenoxy) is 1. The molecule has 0 aliphatic heterocycles. The molecule has 0 aliphatic rings. The van der Waals surface area contributed by atoms with Gasteiger partial charge in [0.15, 0.2) is 6.33 Å². The lowest BCUT2D eigenvalue weighted by atomic mass is 10.6. The molecule has 0 atom stereocenters. The first-order chi connectivity index (χ1) is 4.84. The van der Waals surface area contributed by atoms with Gasteiger partial charge in [-0.15, -0.1) is 10.2 Å². The van der Waals surface area contributed by atoms with Crippen molar-refractivity contribution in [3.8, 4) is 0 Å². The Morgan fingerprint density at radius 1 is 1.90 bits per heavy atom. The Labute approximate surface area is 57.4 Å². The van der Waals surface area contributed by atoms with Crippen LogP contribution in [0.25, 0.3) is 0 Å². The molecule has 0 fully saturated rings. The third-order valence-corrected chi connectivity index (χ3v) is 0.843. The van der Waals surface area contributed by atoms with Crippen molar-refractivity contribution in [3.05, 3.63) is 12.2 Å². The lowest BCUT2D eigenvalue weighted by Gasteiger charge is -1.94. The summed E-state index contributed by atoms with van der Waals surface area (Å²) < 4.78 is 4.59. The largest absolute Gasteiger partial charge is 0.460 e. The summed E-state index contributed by atoms with van der Waals surface area (Å²) >= 11 is 0.